The molecule has 0 aromatic heterocycles. The lowest BCUT2D eigenvalue weighted by Crippen LogP contribution is -2.50. The number of carbonyl (C=O) groups excluding carboxylic acids is 1. The van der Waals surface area contributed by atoms with E-state index in [1.807, 2.05) is 13.8 Å². The quantitative estimate of drug-likeness (QED) is 0.423. The summed E-state index contributed by atoms with van der Waals surface area (Å²) in [6, 6.07) is 0. The summed E-state index contributed by atoms with van der Waals surface area (Å²) in [5.74, 6) is 3.74. The van der Waals surface area contributed by atoms with E-state index in [1.54, 1.807) is 5.57 Å². The average Bonchev–Trinajstić information content (AvgIpc) is 3.03. The number of esters is 1. The zero-order chi connectivity index (χ0) is 21.7. The first-order valence-electron chi connectivity index (χ1n) is 12.7. The first-order chi connectivity index (χ1) is 14.1. The summed E-state index contributed by atoms with van der Waals surface area (Å²) in [5, 5.41) is 10.2. The molecule has 0 heterocycles. The molecule has 4 aliphatic rings. The van der Waals surface area contributed by atoms with Crippen molar-refractivity contribution in [3.63, 3.8) is 0 Å². The van der Waals surface area contributed by atoms with E-state index in [0.717, 1.165) is 42.9 Å². The van der Waals surface area contributed by atoms with Crippen molar-refractivity contribution in [2.45, 2.75) is 111 Å². The number of hydrogen-bond acceptors (Lipinski definition) is 3. The van der Waals surface area contributed by atoms with Gasteiger partial charge in [-0.15, -0.1) is 0 Å². The number of rotatable bonds is 5. The van der Waals surface area contributed by atoms with Crippen LogP contribution in [0, 0.1) is 40.4 Å². The molecule has 0 bridgehead atoms. The van der Waals surface area contributed by atoms with Crippen LogP contribution in [0.5, 0.6) is 0 Å². The van der Waals surface area contributed by atoms with Crippen molar-refractivity contribution >= 4 is 5.97 Å². The maximum atomic E-state index is 12.1. The van der Waals surface area contributed by atoms with E-state index in [2.05, 4.69) is 26.8 Å². The van der Waals surface area contributed by atoms with Crippen molar-refractivity contribution in [1.29, 1.82) is 0 Å². The van der Waals surface area contributed by atoms with Crippen molar-refractivity contribution < 1.29 is 14.6 Å². The molecular formula is C27H44O3. The highest BCUT2D eigenvalue weighted by atomic mass is 16.5. The highest BCUT2D eigenvalue weighted by Gasteiger charge is 2.59. The van der Waals surface area contributed by atoms with E-state index in [-0.39, 0.29) is 18.2 Å². The molecule has 0 aromatic carbocycles. The van der Waals surface area contributed by atoms with Gasteiger partial charge in [-0.05, 0) is 112 Å². The van der Waals surface area contributed by atoms with Gasteiger partial charge in [-0.3, -0.25) is 4.79 Å². The second kappa shape index (κ2) is 8.26. The number of hydrogen-bond donors (Lipinski definition) is 1. The Bertz CT molecular complexity index is 682. The zero-order valence-corrected chi connectivity index (χ0v) is 20.0. The second-order valence-electron chi connectivity index (χ2n) is 11.9. The van der Waals surface area contributed by atoms with E-state index >= 15 is 0 Å². The number of aliphatic hydroxyl groups is 1. The summed E-state index contributed by atoms with van der Waals surface area (Å²) in [6.07, 6.45) is 13.6. The van der Waals surface area contributed by atoms with E-state index in [0.29, 0.717) is 23.2 Å². The van der Waals surface area contributed by atoms with Crippen LogP contribution in [0.15, 0.2) is 11.6 Å². The SMILES string of the molecule is CC(C)OC(=O)CC[C@@H](C)[C@H]1CC[C@H]2C3CC=C4C[C@@H](O)CC[C@]4(C)[C@H]3CC[C@]12C. The van der Waals surface area contributed by atoms with Gasteiger partial charge in [-0.25, -0.2) is 0 Å². The molecule has 3 fully saturated rings. The molecule has 0 aliphatic heterocycles. The minimum Gasteiger partial charge on any atom is -0.463 e. The monoisotopic (exact) mass is 416 g/mol. The summed E-state index contributed by atoms with van der Waals surface area (Å²) < 4.78 is 5.37. The standard InChI is InChI=1S/C27H44O3/c1-17(2)30-25(29)11-6-18(3)22-9-10-23-21-8-7-19-16-20(28)12-14-26(19,4)24(21)13-15-27(22,23)5/h7,17-18,20-24,28H,6,8-16H2,1-5H3/t18-,20+,21?,22-,23+,24+,26+,27-/m1/s1. The fraction of sp³-hybridized carbons (Fsp3) is 0.889. The minimum absolute atomic E-state index is 0.0111. The lowest BCUT2D eigenvalue weighted by Gasteiger charge is -2.58. The topological polar surface area (TPSA) is 46.5 Å². The largest absolute Gasteiger partial charge is 0.463 e. The van der Waals surface area contributed by atoms with E-state index in [4.69, 9.17) is 4.74 Å². The van der Waals surface area contributed by atoms with Gasteiger partial charge in [-0.1, -0.05) is 32.4 Å². The van der Waals surface area contributed by atoms with Crippen LogP contribution >= 0.6 is 0 Å². The summed E-state index contributed by atoms with van der Waals surface area (Å²) >= 11 is 0. The fourth-order valence-electron chi connectivity index (χ4n) is 8.49. The predicted molar refractivity (Wildman–Crippen MR) is 121 cm³/mol. The van der Waals surface area contributed by atoms with Gasteiger partial charge in [0.05, 0.1) is 12.2 Å². The van der Waals surface area contributed by atoms with Crippen LogP contribution < -0.4 is 0 Å². The number of allylic oxidation sites excluding steroid dienone is 1. The van der Waals surface area contributed by atoms with Crippen molar-refractivity contribution in [3.8, 4) is 0 Å². The minimum atomic E-state index is -0.117. The average molecular weight is 417 g/mol. The van der Waals surface area contributed by atoms with Crippen LogP contribution in [0.25, 0.3) is 0 Å². The molecule has 3 saturated carbocycles. The summed E-state index contributed by atoms with van der Waals surface area (Å²) in [6.45, 7) is 11.3. The van der Waals surface area contributed by atoms with Gasteiger partial charge in [-0.2, -0.15) is 0 Å². The van der Waals surface area contributed by atoms with Gasteiger partial charge in [0.15, 0.2) is 0 Å². The summed E-state index contributed by atoms with van der Waals surface area (Å²) in [7, 11) is 0. The van der Waals surface area contributed by atoms with Gasteiger partial charge >= 0.3 is 5.97 Å². The highest BCUT2D eigenvalue weighted by Crippen LogP contribution is 2.67. The molecule has 4 rings (SSSR count). The Labute approximate surface area is 184 Å². The van der Waals surface area contributed by atoms with Crippen LogP contribution in [-0.2, 0) is 9.53 Å². The molecule has 0 aromatic rings. The van der Waals surface area contributed by atoms with Crippen LogP contribution in [0.4, 0.5) is 0 Å². The van der Waals surface area contributed by atoms with Crippen molar-refractivity contribution in [3.05, 3.63) is 11.6 Å². The van der Waals surface area contributed by atoms with E-state index in [1.165, 1.54) is 38.5 Å². The zero-order valence-electron chi connectivity index (χ0n) is 20.0. The highest BCUT2D eigenvalue weighted by molar-refractivity contribution is 5.69. The van der Waals surface area contributed by atoms with Crippen LogP contribution in [0.2, 0.25) is 0 Å². The van der Waals surface area contributed by atoms with Crippen LogP contribution in [-0.4, -0.2) is 23.3 Å². The smallest absolute Gasteiger partial charge is 0.306 e. The van der Waals surface area contributed by atoms with Gasteiger partial charge in [0.1, 0.15) is 0 Å². The Balaban J connectivity index is 1.45. The van der Waals surface area contributed by atoms with Gasteiger partial charge in [0, 0.05) is 6.42 Å². The molecule has 3 heteroatoms. The molecule has 170 valence electrons. The maximum absolute atomic E-state index is 12.1. The van der Waals surface area contributed by atoms with Gasteiger partial charge < -0.3 is 9.84 Å². The van der Waals surface area contributed by atoms with Gasteiger partial charge in [0.2, 0.25) is 0 Å². The van der Waals surface area contributed by atoms with Crippen LogP contribution in [0.3, 0.4) is 0 Å². The molecular weight excluding hydrogens is 372 g/mol. The van der Waals surface area contributed by atoms with Crippen molar-refractivity contribution in [2.24, 2.45) is 40.4 Å². The first kappa shape index (κ1) is 22.4. The molecule has 0 spiro atoms. The molecule has 3 nitrogen and oxygen atoms in total. The van der Waals surface area contributed by atoms with E-state index in [9.17, 15) is 9.90 Å². The Morgan fingerprint density at radius 1 is 1.13 bits per heavy atom. The molecule has 30 heavy (non-hydrogen) atoms. The maximum Gasteiger partial charge on any atom is 0.306 e. The Morgan fingerprint density at radius 3 is 2.63 bits per heavy atom. The predicted octanol–water partition coefficient (Wildman–Crippen LogP) is 6.29. The Morgan fingerprint density at radius 2 is 1.90 bits per heavy atom. The molecule has 1 N–H and O–H groups in total. The lowest BCUT2D eigenvalue weighted by atomic mass is 9.47. The molecule has 1 unspecified atom stereocenters. The van der Waals surface area contributed by atoms with Crippen molar-refractivity contribution in [1.82, 2.24) is 0 Å². The third-order valence-corrected chi connectivity index (χ3v) is 10.0. The number of aliphatic hydroxyl groups excluding tert-OH is 1. The summed E-state index contributed by atoms with van der Waals surface area (Å²) in [5.41, 5.74) is 2.32. The van der Waals surface area contributed by atoms with Gasteiger partial charge in [0.25, 0.3) is 0 Å². The molecule has 8 atom stereocenters. The molecule has 4 aliphatic carbocycles. The van der Waals surface area contributed by atoms with Crippen molar-refractivity contribution in [2.75, 3.05) is 0 Å². The fourth-order valence-corrected chi connectivity index (χ4v) is 8.49. The van der Waals surface area contributed by atoms with Crippen LogP contribution in [0.1, 0.15) is 98.8 Å². The number of carbonyl (C=O) groups is 1. The molecule has 0 radical (unpaired) electrons. The Hall–Kier alpha value is -0.830. The molecule has 0 amide bonds. The second-order valence-corrected chi connectivity index (χ2v) is 11.9. The first-order valence-corrected chi connectivity index (χ1v) is 12.7. The number of fused-ring (bicyclic) bond motifs is 5. The third kappa shape index (κ3) is 3.78. The third-order valence-electron chi connectivity index (χ3n) is 10.0. The normalized spacial score (nSPS) is 44.0. The molecule has 0 saturated heterocycles. The van der Waals surface area contributed by atoms with E-state index < -0.39 is 0 Å². The lowest BCUT2D eigenvalue weighted by molar-refractivity contribution is -0.148. The number of ether oxygens (including phenoxy) is 1. The Kier molecular flexibility index (Phi) is 6.16. The summed E-state index contributed by atoms with van der Waals surface area (Å²) in [4.78, 5) is 12.1.